The van der Waals surface area contributed by atoms with Crippen LogP contribution < -0.4 is 0 Å². The van der Waals surface area contributed by atoms with Crippen molar-refractivity contribution in [3.63, 3.8) is 0 Å². The highest BCUT2D eigenvalue weighted by Crippen LogP contribution is 2.30. The molecule has 1 N–H and O–H groups in total. The second kappa shape index (κ2) is 15.4. The van der Waals surface area contributed by atoms with Gasteiger partial charge < -0.3 is 5.11 Å². The Morgan fingerprint density at radius 2 is 1.22 bits per heavy atom. The summed E-state index contributed by atoms with van der Waals surface area (Å²) in [7, 11) is 0. The number of benzene rings is 3. The molecular weight excluding hydrogens is 444 g/mol. The molecule has 0 amide bonds. The van der Waals surface area contributed by atoms with Crippen molar-refractivity contribution < 1.29 is 14.7 Å². The zero-order valence-corrected chi connectivity index (χ0v) is 22.1. The normalized spacial score (nSPS) is 12.2. The van der Waals surface area contributed by atoms with Crippen molar-refractivity contribution in [2.75, 3.05) is 0 Å². The summed E-state index contributed by atoms with van der Waals surface area (Å²) in [5.41, 5.74) is 0.878. The summed E-state index contributed by atoms with van der Waals surface area (Å²) in [4.78, 5) is 24.5. The third kappa shape index (κ3) is 8.76. The summed E-state index contributed by atoms with van der Waals surface area (Å²) in [6.45, 7) is 2.24. The first kappa shape index (κ1) is 27.9. The molecule has 0 fully saturated rings. The van der Waals surface area contributed by atoms with Crippen molar-refractivity contribution in [3.05, 3.63) is 60.2 Å². The average molecular weight is 489 g/mol. The summed E-state index contributed by atoms with van der Waals surface area (Å²) in [5.74, 6) is -0.307. The molecule has 3 rings (SSSR count). The number of carboxylic acids is 1. The fraction of sp³-hybridized carbons (Fsp3) is 0.515. The lowest BCUT2D eigenvalue weighted by Crippen LogP contribution is -2.15. The van der Waals surface area contributed by atoms with Gasteiger partial charge in [0.05, 0.1) is 0 Å². The minimum absolute atomic E-state index is 0.0836. The summed E-state index contributed by atoms with van der Waals surface area (Å²) in [6.07, 6.45) is 15.8. The van der Waals surface area contributed by atoms with Gasteiger partial charge in [-0.2, -0.15) is 0 Å². The first-order chi connectivity index (χ1) is 17.6. The van der Waals surface area contributed by atoms with Crippen LogP contribution in [0.15, 0.2) is 54.6 Å². The Kier molecular flexibility index (Phi) is 12.0. The Bertz CT molecular complexity index is 1100. The van der Waals surface area contributed by atoms with E-state index in [0.29, 0.717) is 5.78 Å². The van der Waals surface area contributed by atoms with Crippen LogP contribution in [0.1, 0.15) is 114 Å². The minimum Gasteiger partial charge on any atom is -0.481 e. The van der Waals surface area contributed by atoms with E-state index in [4.69, 9.17) is 5.11 Å². The van der Waals surface area contributed by atoms with Gasteiger partial charge in [0, 0.05) is 17.9 Å². The van der Waals surface area contributed by atoms with Gasteiger partial charge in [0.1, 0.15) is 0 Å². The van der Waals surface area contributed by atoms with E-state index in [9.17, 15) is 9.59 Å². The monoisotopic (exact) mass is 488 g/mol. The first-order valence-corrected chi connectivity index (χ1v) is 14.3. The highest BCUT2D eigenvalue weighted by molar-refractivity contribution is 6.12. The number of rotatable bonds is 18. The van der Waals surface area contributed by atoms with Gasteiger partial charge in [-0.25, -0.2) is 0 Å². The Morgan fingerprint density at radius 1 is 0.667 bits per heavy atom. The highest BCUT2D eigenvalue weighted by atomic mass is 16.4. The van der Waals surface area contributed by atoms with E-state index in [1.165, 1.54) is 42.9 Å². The van der Waals surface area contributed by atoms with Gasteiger partial charge in [0.2, 0.25) is 0 Å². The number of unbranched alkanes of at least 4 members (excludes halogenated alkanes) is 10. The van der Waals surface area contributed by atoms with E-state index in [1.54, 1.807) is 0 Å². The molecule has 3 heteroatoms. The Morgan fingerprint density at radius 3 is 1.86 bits per heavy atom. The molecule has 0 aromatic heterocycles. The largest absolute Gasteiger partial charge is 0.481 e. The number of carbonyl (C=O) groups excluding carboxylic acids is 1. The summed E-state index contributed by atoms with van der Waals surface area (Å²) in [6, 6.07) is 18.9. The van der Waals surface area contributed by atoms with Crippen molar-refractivity contribution in [1.29, 1.82) is 0 Å². The van der Waals surface area contributed by atoms with E-state index in [-0.39, 0.29) is 12.3 Å². The highest BCUT2D eigenvalue weighted by Gasteiger charge is 2.21. The maximum atomic E-state index is 13.9. The number of aliphatic carboxylic acids is 1. The number of carbonyl (C=O) groups is 2. The van der Waals surface area contributed by atoms with E-state index in [1.807, 2.05) is 12.1 Å². The molecule has 3 aromatic carbocycles. The van der Waals surface area contributed by atoms with Gasteiger partial charge in [0.15, 0.2) is 5.78 Å². The Labute approximate surface area is 217 Å². The average Bonchev–Trinajstić information content (AvgIpc) is 2.88. The van der Waals surface area contributed by atoms with Gasteiger partial charge in [-0.3, -0.25) is 9.59 Å². The lowest BCUT2D eigenvalue weighted by molar-refractivity contribution is -0.137. The Balaban J connectivity index is 1.64. The van der Waals surface area contributed by atoms with Crippen LogP contribution in [-0.2, 0) is 4.79 Å². The molecule has 1 unspecified atom stereocenters. The van der Waals surface area contributed by atoms with Crippen molar-refractivity contribution >= 4 is 33.3 Å². The Hall–Kier alpha value is -2.68. The summed E-state index contributed by atoms with van der Waals surface area (Å²) in [5, 5.41) is 13.4. The van der Waals surface area contributed by atoms with Gasteiger partial charge in [-0.1, -0.05) is 120 Å². The molecule has 1 atom stereocenters. The maximum absolute atomic E-state index is 13.9. The third-order valence-electron chi connectivity index (χ3n) is 7.48. The van der Waals surface area contributed by atoms with Gasteiger partial charge in [0.25, 0.3) is 0 Å². The molecule has 0 saturated carbocycles. The van der Waals surface area contributed by atoms with Gasteiger partial charge in [-0.15, -0.1) is 0 Å². The molecule has 0 spiro atoms. The second-order valence-corrected chi connectivity index (χ2v) is 10.4. The first-order valence-electron chi connectivity index (χ1n) is 14.3. The SMILES string of the molecule is CCCCCCCCC(CCCCCCCCC(=O)O)C(=O)c1cccc2cc3ccccc3cc12. The molecule has 0 bridgehead atoms. The van der Waals surface area contributed by atoms with Crippen LogP contribution in [0.3, 0.4) is 0 Å². The molecule has 36 heavy (non-hydrogen) atoms. The fourth-order valence-electron chi connectivity index (χ4n) is 5.35. The van der Waals surface area contributed by atoms with Crippen molar-refractivity contribution in [2.45, 2.75) is 103 Å². The number of Topliss-reactive ketones (excluding diaryl/α,β-unsaturated/α-hetero) is 1. The van der Waals surface area contributed by atoms with E-state index in [0.717, 1.165) is 74.1 Å². The van der Waals surface area contributed by atoms with E-state index in [2.05, 4.69) is 49.4 Å². The zero-order valence-electron chi connectivity index (χ0n) is 22.1. The lowest BCUT2D eigenvalue weighted by Gasteiger charge is -2.18. The van der Waals surface area contributed by atoms with Crippen LogP contribution in [0.5, 0.6) is 0 Å². The molecule has 0 aliphatic rings. The smallest absolute Gasteiger partial charge is 0.303 e. The van der Waals surface area contributed by atoms with E-state index < -0.39 is 5.97 Å². The molecule has 0 radical (unpaired) electrons. The quantitative estimate of drug-likeness (QED) is 0.110. The predicted molar refractivity (Wildman–Crippen MR) is 152 cm³/mol. The fourth-order valence-corrected chi connectivity index (χ4v) is 5.35. The maximum Gasteiger partial charge on any atom is 0.303 e. The van der Waals surface area contributed by atoms with Crippen molar-refractivity contribution in [2.24, 2.45) is 5.92 Å². The molecular formula is C33H44O3. The van der Waals surface area contributed by atoms with Gasteiger partial charge >= 0.3 is 5.97 Å². The molecule has 3 nitrogen and oxygen atoms in total. The molecule has 3 aromatic rings. The molecule has 0 aliphatic heterocycles. The van der Waals surface area contributed by atoms with Crippen molar-refractivity contribution in [3.8, 4) is 0 Å². The van der Waals surface area contributed by atoms with Gasteiger partial charge in [-0.05, 0) is 52.9 Å². The predicted octanol–water partition coefficient (Wildman–Crippen LogP) is 9.75. The minimum atomic E-state index is -0.701. The van der Waals surface area contributed by atoms with Crippen LogP contribution >= 0.6 is 0 Å². The summed E-state index contributed by atoms with van der Waals surface area (Å²) >= 11 is 0. The molecule has 194 valence electrons. The zero-order chi connectivity index (χ0) is 25.6. The molecule has 0 heterocycles. The summed E-state index contributed by atoms with van der Waals surface area (Å²) < 4.78 is 0. The van der Waals surface area contributed by atoms with Crippen molar-refractivity contribution in [1.82, 2.24) is 0 Å². The third-order valence-corrected chi connectivity index (χ3v) is 7.48. The number of hydrogen-bond donors (Lipinski definition) is 1. The second-order valence-electron chi connectivity index (χ2n) is 10.4. The lowest BCUT2D eigenvalue weighted by atomic mass is 9.85. The van der Waals surface area contributed by atoms with Crippen LogP contribution in [-0.4, -0.2) is 16.9 Å². The van der Waals surface area contributed by atoms with Crippen LogP contribution in [0.4, 0.5) is 0 Å². The number of carboxylic acid groups (broad SMARTS) is 1. The van der Waals surface area contributed by atoms with Crippen LogP contribution in [0.2, 0.25) is 0 Å². The van der Waals surface area contributed by atoms with E-state index >= 15 is 0 Å². The van der Waals surface area contributed by atoms with Crippen LogP contribution in [0.25, 0.3) is 21.5 Å². The number of hydrogen-bond acceptors (Lipinski definition) is 2. The molecule has 0 saturated heterocycles. The topological polar surface area (TPSA) is 54.4 Å². The standard InChI is InChI=1S/C33H44O3/c1-2-3-4-5-8-11-17-26(18-12-9-6-7-10-13-23-32(34)35)33(36)30-22-16-21-29-24-27-19-14-15-20-28(27)25-31(29)30/h14-16,19-22,24-26H,2-13,17-18,23H2,1H3,(H,34,35). The molecule has 0 aliphatic carbocycles. The number of fused-ring (bicyclic) bond motifs is 2. The van der Waals surface area contributed by atoms with Crippen LogP contribution in [0, 0.1) is 5.92 Å². The number of ketones is 1.